The molecule has 0 saturated carbocycles. The molecule has 160 valence electrons. The van der Waals surface area contributed by atoms with Gasteiger partial charge in [-0.25, -0.2) is 4.99 Å². The monoisotopic (exact) mass is 411 g/mol. The van der Waals surface area contributed by atoms with Gasteiger partial charge in [-0.3, -0.25) is 14.7 Å². The molecule has 9 heteroatoms. The Kier molecular flexibility index (Phi) is 6.01. The molecule has 4 N–H and O–H groups in total. The van der Waals surface area contributed by atoms with Crippen LogP contribution in [0.3, 0.4) is 0 Å². The summed E-state index contributed by atoms with van der Waals surface area (Å²) in [7, 11) is 3.32. The SMILES string of the molecule is CNC(=O)C1CN(CC2=C3C(Nc4cccc(OC)c4)=NC=NN3CC2)CC[C@@H]1N. The molecule has 30 heavy (non-hydrogen) atoms. The maximum absolute atomic E-state index is 12.2. The number of nitrogens with one attached hydrogen (secondary N) is 2. The molecule has 1 amide bonds. The number of carbonyl (C=O) groups is 1. The summed E-state index contributed by atoms with van der Waals surface area (Å²) in [6.07, 6.45) is 3.31. The van der Waals surface area contributed by atoms with Gasteiger partial charge in [0, 0.05) is 51.0 Å². The zero-order valence-corrected chi connectivity index (χ0v) is 17.5. The lowest BCUT2D eigenvalue weighted by Crippen LogP contribution is -2.53. The van der Waals surface area contributed by atoms with Gasteiger partial charge in [-0.15, -0.1) is 0 Å². The van der Waals surface area contributed by atoms with E-state index in [-0.39, 0.29) is 17.9 Å². The van der Waals surface area contributed by atoms with Crippen molar-refractivity contribution in [2.45, 2.75) is 18.9 Å². The molecule has 0 spiro atoms. The number of nitrogens with two attached hydrogens (primary N) is 1. The lowest BCUT2D eigenvalue weighted by molar-refractivity contribution is -0.126. The highest BCUT2D eigenvalue weighted by Gasteiger charge is 2.34. The average molecular weight is 412 g/mol. The van der Waals surface area contributed by atoms with Crippen molar-refractivity contribution in [2.24, 2.45) is 21.7 Å². The standard InChI is InChI=1S/C21H29N7O2/c1-23-21(29)17-12-27(8-7-18(17)22)11-14-6-9-28-19(14)20(24-13-25-28)26-15-4-3-5-16(10-15)30-2/h3-5,10,13,17-18H,6-9,11-12,22H2,1-2H3,(H,23,29)(H,24,25,26)/t17?,18-/m0/s1. The second kappa shape index (κ2) is 8.85. The Morgan fingerprint density at radius 1 is 1.37 bits per heavy atom. The number of nitrogens with zero attached hydrogens (tertiary/aromatic N) is 4. The van der Waals surface area contributed by atoms with E-state index in [4.69, 9.17) is 10.5 Å². The van der Waals surface area contributed by atoms with Crippen LogP contribution in [0.4, 0.5) is 5.69 Å². The van der Waals surface area contributed by atoms with Crippen molar-refractivity contribution < 1.29 is 9.53 Å². The summed E-state index contributed by atoms with van der Waals surface area (Å²) in [5.41, 5.74) is 9.40. The molecule has 1 saturated heterocycles. The van der Waals surface area contributed by atoms with Gasteiger partial charge < -0.3 is 21.1 Å². The van der Waals surface area contributed by atoms with Gasteiger partial charge in [0.05, 0.1) is 13.0 Å². The first-order valence-corrected chi connectivity index (χ1v) is 10.3. The first kappa shape index (κ1) is 20.4. The van der Waals surface area contributed by atoms with Crippen molar-refractivity contribution in [3.63, 3.8) is 0 Å². The summed E-state index contributed by atoms with van der Waals surface area (Å²) in [6, 6.07) is 7.68. The number of fused-ring (bicyclic) bond motifs is 1. The van der Waals surface area contributed by atoms with E-state index in [1.165, 1.54) is 5.57 Å². The largest absolute Gasteiger partial charge is 0.497 e. The Balaban J connectivity index is 1.52. The van der Waals surface area contributed by atoms with Crippen molar-refractivity contribution in [2.75, 3.05) is 45.7 Å². The Labute approximate surface area is 176 Å². The Bertz CT molecular complexity index is 895. The summed E-state index contributed by atoms with van der Waals surface area (Å²) in [5.74, 6) is 1.40. The van der Waals surface area contributed by atoms with Crippen LogP contribution in [0.2, 0.25) is 0 Å². The quantitative estimate of drug-likeness (QED) is 0.662. The van der Waals surface area contributed by atoms with E-state index < -0.39 is 0 Å². The highest BCUT2D eigenvalue weighted by atomic mass is 16.5. The Hall–Kier alpha value is -2.91. The fraction of sp³-hybridized carbons (Fsp3) is 0.476. The fourth-order valence-corrected chi connectivity index (χ4v) is 4.26. The van der Waals surface area contributed by atoms with Gasteiger partial charge in [0.15, 0.2) is 5.84 Å². The minimum Gasteiger partial charge on any atom is -0.497 e. The number of piperidine rings is 1. The minimum absolute atomic E-state index is 0.0158. The molecule has 9 nitrogen and oxygen atoms in total. The molecule has 1 unspecified atom stereocenters. The van der Waals surface area contributed by atoms with Crippen molar-refractivity contribution in [1.29, 1.82) is 0 Å². The molecular formula is C21H29N7O2. The van der Waals surface area contributed by atoms with Crippen molar-refractivity contribution in [3.05, 3.63) is 35.5 Å². The molecule has 3 aliphatic heterocycles. The second-order valence-electron chi connectivity index (χ2n) is 7.80. The third kappa shape index (κ3) is 4.17. The lowest BCUT2D eigenvalue weighted by Gasteiger charge is -2.36. The van der Waals surface area contributed by atoms with Crippen LogP contribution in [-0.2, 0) is 4.79 Å². The third-order valence-electron chi connectivity index (χ3n) is 5.90. The van der Waals surface area contributed by atoms with Crippen molar-refractivity contribution in [1.82, 2.24) is 15.2 Å². The van der Waals surface area contributed by atoms with Gasteiger partial charge in [0.1, 0.15) is 17.8 Å². The predicted molar refractivity (Wildman–Crippen MR) is 117 cm³/mol. The Morgan fingerprint density at radius 2 is 2.23 bits per heavy atom. The molecule has 3 heterocycles. The third-order valence-corrected chi connectivity index (χ3v) is 5.90. The number of likely N-dealkylation sites (tertiary alicyclic amines) is 1. The van der Waals surface area contributed by atoms with Crippen molar-refractivity contribution >= 4 is 23.8 Å². The zero-order chi connectivity index (χ0) is 21.1. The first-order valence-electron chi connectivity index (χ1n) is 10.3. The second-order valence-corrected chi connectivity index (χ2v) is 7.80. The molecule has 2 atom stereocenters. The van der Waals surface area contributed by atoms with Crippen LogP contribution in [0.15, 0.2) is 45.6 Å². The smallest absolute Gasteiger partial charge is 0.225 e. The van der Waals surface area contributed by atoms with Gasteiger partial charge in [0.25, 0.3) is 0 Å². The first-order chi connectivity index (χ1) is 14.6. The zero-order valence-electron chi connectivity index (χ0n) is 17.5. The molecule has 1 aromatic carbocycles. The maximum atomic E-state index is 12.2. The number of amidine groups is 1. The molecule has 3 aliphatic rings. The van der Waals surface area contributed by atoms with Gasteiger partial charge in [-0.2, -0.15) is 5.10 Å². The normalized spacial score (nSPS) is 23.8. The van der Waals surface area contributed by atoms with Crippen LogP contribution in [-0.4, -0.2) is 74.4 Å². The summed E-state index contributed by atoms with van der Waals surface area (Å²) < 4.78 is 5.32. The van der Waals surface area contributed by atoms with Gasteiger partial charge in [-0.05, 0) is 30.5 Å². The van der Waals surface area contributed by atoms with E-state index >= 15 is 0 Å². The molecule has 1 fully saturated rings. The van der Waals surface area contributed by atoms with E-state index in [1.807, 2.05) is 29.3 Å². The molecule has 0 radical (unpaired) electrons. The van der Waals surface area contributed by atoms with Crippen LogP contribution in [0.5, 0.6) is 5.75 Å². The number of hydrogen-bond acceptors (Lipinski definition) is 8. The summed E-state index contributed by atoms with van der Waals surface area (Å²) in [4.78, 5) is 19.0. The van der Waals surface area contributed by atoms with Crippen molar-refractivity contribution in [3.8, 4) is 5.75 Å². The Morgan fingerprint density at radius 3 is 3.03 bits per heavy atom. The fourth-order valence-electron chi connectivity index (χ4n) is 4.26. The van der Waals surface area contributed by atoms with Crippen LogP contribution in [0.1, 0.15) is 12.8 Å². The van der Waals surface area contributed by atoms with E-state index in [9.17, 15) is 4.79 Å². The summed E-state index contributed by atoms with van der Waals surface area (Å²) in [6.45, 7) is 3.15. The molecule has 0 aliphatic carbocycles. The number of anilines is 1. The number of rotatable bonds is 5. The molecular weight excluding hydrogens is 382 g/mol. The van der Waals surface area contributed by atoms with E-state index in [2.05, 4.69) is 25.6 Å². The molecule has 0 bridgehead atoms. The van der Waals surface area contributed by atoms with E-state index in [0.717, 1.165) is 55.4 Å². The minimum atomic E-state index is -0.181. The number of hydrogen-bond donors (Lipinski definition) is 3. The number of ether oxygens (including phenoxy) is 1. The van der Waals surface area contributed by atoms with E-state index in [0.29, 0.717) is 6.54 Å². The predicted octanol–water partition coefficient (Wildman–Crippen LogP) is 0.818. The number of benzene rings is 1. The van der Waals surface area contributed by atoms with Crippen LogP contribution in [0, 0.1) is 5.92 Å². The van der Waals surface area contributed by atoms with Gasteiger partial charge >= 0.3 is 0 Å². The van der Waals surface area contributed by atoms with Crippen LogP contribution >= 0.6 is 0 Å². The number of aliphatic imine (C=N–C) groups is 1. The van der Waals surface area contributed by atoms with Gasteiger partial charge in [0.2, 0.25) is 5.91 Å². The number of carbonyl (C=O) groups excluding carboxylic acids is 1. The number of methoxy groups -OCH3 is 1. The molecule has 1 aromatic rings. The number of amides is 1. The highest BCUT2D eigenvalue weighted by Crippen LogP contribution is 2.29. The average Bonchev–Trinajstić information content (AvgIpc) is 3.18. The highest BCUT2D eigenvalue weighted by molar-refractivity contribution is 6.12. The lowest BCUT2D eigenvalue weighted by atomic mass is 9.91. The maximum Gasteiger partial charge on any atom is 0.225 e. The summed E-state index contributed by atoms with van der Waals surface area (Å²) in [5, 5.41) is 12.6. The van der Waals surface area contributed by atoms with Crippen LogP contribution in [0.25, 0.3) is 0 Å². The summed E-state index contributed by atoms with van der Waals surface area (Å²) >= 11 is 0. The molecule has 0 aromatic heterocycles. The topological polar surface area (TPSA) is 108 Å². The van der Waals surface area contributed by atoms with E-state index in [1.54, 1.807) is 20.5 Å². The van der Waals surface area contributed by atoms with Crippen LogP contribution < -0.4 is 21.1 Å². The van der Waals surface area contributed by atoms with Gasteiger partial charge in [-0.1, -0.05) is 6.07 Å². The number of hydrazone groups is 1. The molecule has 4 rings (SSSR count).